The van der Waals surface area contributed by atoms with Crippen molar-refractivity contribution in [1.82, 2.24) is 0 Å². The Labute approximate surface area is 81.4 Å². The van der Waals surface area contributed by atoms with E-state index in [9.17, 15) is 0 Å². The SMILES string of the molecule is CCC1CCC(O)CC1.Cl.Cl. The molecule has 0 aromatic carbocycles. The van der Waals surface area contributed by atoms with Gasteiger partial charge in [-0.1, -0.05) is 13.3 Å². The number of rotatable bonds is 1. The number of hydrogen-bond donors (Lipinski definition) is 1. The second-order valence-corrected chi connectivity index (χ2v) is 3.08. The Bertz CT molecular complexity index is 80.2. The summed E-state index contributed by atoms with van der Waals surface area (Å²) in [5, 5.41) is 9.12. The van der Waals surface area contributed by atoms with Gasteiger partial charge in [-0.05, 0) is 31.6 Å². The number of halogens is 2. The zero-order valence-electron chi connectivity index (χ0n) is 6.95. The van der Waals surface area contributed by atoms with Crippen LogP contribution in [0.1, 0.15) is 39.0 Å². The summed E-state index contributed by atoms with van der Waals surface area (Å²) >= 11 is 0. The predicted octanol–water partition coefficient (Wildman–Crippen LogP) is 2.79. The maximum absolute atomic E-state index is 9.12. The van der Waals surface area contributed by atoms with Gasteiger partial charge in [0.25, 0.3) is 0 Å². The molecule has 0 saturated heterocycles. The van der Waals surface area contributed by atoms with Gasteiger partial charge in [-0.15, -0.1) is 24.8 Å². The van der Waals surface area contributed by atoms with Crippen LogP contribution < -0.4 is 0 Å². The van der Waals surface area contributed by atoms with Crippen molar-refractivity contribution in [2.24, 2.45) is 5.92 Å². The first-order chi connectivity index (χ1) is 4.33. The van der Waals surface area contributed by atoms with Gasteiger partial charge in [0.2, 0.25) is 0 Å². The monoisotopic (exact) mass is 200 g/mol. The highest BCUT2D eigenvalue weighted by Gasteiger charge is 2.16. The highest BCUT2D eigenvalue weighted by molar-refractivity contribution is 5.85. The number of hydrogen-bond acceptors (Lipinski definition) is 1. The largest absolute Gasteiger partial charge is 0.393 e. The molecule has 0 atom stereocenters. The highest BCUT2D eigenvalue weighted by Crippen LogP contribution is 2.25. The summed E-state index contributed by atoms with van der Waals surface area (Å²) in [5.41, 5.74) is 0. The van der Waals surface area contributed by atoms with Crippen LogP contribution in [0, 0.1) is 5.92 Å². The third kappa shape index (κ3) is 4.89. The van der Waals surface area contributed by atoms with E-state index in [1.54, 1.807) is 0 Å². The summed E-state index contributed by atoms with van der Waals surface area (Å²) in [7, 11) is 0. The van der Waals surface area contributed by atoms with Crippen LogP contribution in [-0.4, -0.2) is 11.2 Å². The van der Waals surface area contributed by atoms with Crippen molar-refractivity contribution in [3.8, 4) is 0 Å². The van der Waals surface area contributed by atoms with Crippen molar-refractivity contribution in [3.05, 3.63) is 0 Å². The first kappa shape index (κ1) is 14.1. The lowest BCUT2D eigenvalue weighted by Gasteiger charge is -2.23. The van der Waals surface area contributed by atoms with E-state index in [4.69, 9.17) is 5.11 Å². The Hall–Kier alpha value is 0.540. The Kier molecular flexibility index (Phi) is 9.22. The van der Waals surface area contributed by atoms with E-state index < -0.39 is 0 Å². The van der Waals surface area contributed by atoms with Crippen molar-refractivity contribution in [3.63, 3.8) is 0 Å². The Morgan fingerprint density at radius 2 is 1.55 bits per heavy atom. The first-order valence-corrected chi connectivity index (χ1v) is 4.01. The van der Waals surface area contributed by atoms with E-state index >= 15 is 0 Å². The highest BCUT2D eigenvalue weighted by atomic mass is 35.5. The van der Waals surface area contributed by atoms with Crippen LogP contribution in [0.3, 0.4) is 0 Å². The molecular weight excluding hydrogens is 183 g/mol. The molecule has 11 heavy (non-hydrogen) atoms. The molecule has 0 aliphatic heterocycles. The zero-order chi connectivity index (χ0) is 6.69. The predicted molar refractivity (Wildman–Crippen MR) is 52.8 cm³/mol. The van der Waals surface area contributed by atoms with Crippen molar-refractivity contribution in [2.75, 3.05) is 0 Å². The molecule has 0 aromatic rings. The van der Waals surface area contributed by atoms with Gasteiger partial charge in [-0.2, -0.15) is 0 Å². The van der Waals surface area contributed by atoms with Gasteiger partial charge in [-0.3, -0.25) is 0 Å². The van der Waals surface area contributed by atoms with Crippen molar-refractivity contribution in [2.45, 2.75) is 45.1 Å². The molecule has 0 radical (unpaired) electrons. The molecule has 1 N–H and O–H groups in total. The molecule has 1 nitrogen and oxygen atoms in total. The van der Waals surface area contributed by atoms with Crippen LogP contribution in [0.5, 0.6) is 0 Å². The van der Waals surface area contributed by atoms with Crippen molar-refractivity contribution >= 4 is 24.8 Å². The van der Waals surface area contributed by atoms with E-state index in [2.05, 4.69) is 6.92 Å². The van der Waals surface area contributed by atoms with Gasteiger partial charge in [0.15, 0.2) is 0 Å². The van der Waals surface area contributed by atoms with Gasteiger partial charge < -0.3 is 5.11 Å². The summed E-state index contributed by atoms with van der Waals surface area (Å²) in [6.45, 7) is 2.24. The van der Waals surface area contributed by atoms with Crippen LogP contribution in [-0.2, 0) is 0 Å². The summed E-state index contributed by atoms with van der Waals surface area (Å²) in [6, 6.07) is 0. The maximum Gasteiger partial charge on any atom is 0.0540 e. The topological polar surface area (TPSA) is 20.2 Å². The third-order valence-corrected chi connectivity index (χ3v) is 2.39. The Balaban J connectivity index is 0. The molecule has 0 amide bonds. The quantitative estimate of drug-likeness (QED) is 0.691. The smallest absolute Gasteiger partial charge is 0.0540 e. The van der Waals surface area contributed by atoms with Crippen LogP contribution in [0.25, 0.3) is 0 Å². The zero-order valence-corrected chi connectivity index (χ0v) is 8.59. The molecular formula is C8H18Cl2O. The summed E-state index contributed by atoms with van der Waals surface area (Å²) in [4.78, 5) is 0. The van der Waals surface area contributed by atoms with E-state index in [1.807, 2.05) is 0 Å². The molecule has 0 heterocycles. The van der Waals surface area contributed by atoms with Crippen LogP contribution in [0.15, 0.2) is 0 Å². The minimum Gasteiger partial charge on any atom is -0.393 e. The summed E-state index contributed by atoms with van der Waals surface area (Å²) in [5.74, 6) is 0.911. The maximum atomic E-state index is 9.12. The molecule has 1 rings (SSSR count). The third-order valence-electron chi connectivity index (χ3n) is 2.39. The molecule has 1 saturated carbocycles. The fraction of sp³-hybridized carbons (Fsp3) is 1.00. The average molecular weight is 201 g/mol. The van der Waals surface area contributed by atoms with E-state index in [1.165, 1.54) is 19.3 Å². The minimum absolute atomic E-state index is 0. The molecule has 0 aromatic heterocycles. The van der Waals surface area contributed by atoms with Crippen LogP contribution in [0.2, 0.25) is 0 Å². The molecule has 3 heteroatoms. The summed E-state index contributed by atoms with van der Waals surface area (Å²) < 4.78 is 0. The van der Waals surface area contributed by atoms with Gasteiger partial charge in [-0.25, -0.2) is 0 Å². The fourth-order valence-corrected chi connectivity index (χ4v) is 1.55. The second kappa shape index (κ2) is 7.20. The molecule has 0 spiro atoms. The first-order valence-electron chi connectivity index (χ1n) is 4.01. The molecule has 1 aliphatic rings. The molecule has 70 valence electrons. The molecule has 0 bridgehead atoms. The molecule has 1 fully saturated rings. The van der Waals surface area contributed by atoms with Crippen molar-refractivity contribution in [1.29, 1.82) is 0 Å². The van der Waals surface area contributed by atoms with Gasteiger partial charge in [0.1, 0.15) is 0 Å². The molecule has 0 unspecified atom stereocenters. The lowest BCUT2D eigenvalue weighted by atomic mass is 9.86. The van der Waals surface area contributed by atoms with Crippen LogP contribution >= 0.6 is 24.8 Å². The molecule has 1 aliphatic carbocycles. The van der Waals surface area contributed by atoms with E-state index in [-0.39, 0.29) is 30.9 Å². The fourth-order valence-electron chi connectivity index (χ4n) is 1.55. The van der Waals surface area contributed by atoms with Crippen molar-refractivity contribution < 1.29 is 5.11 Å². The Morgan fingerprint density at radius 3 is 1.91 bits per heavy atom. The lowest BCUT2D eigenvalue weighted by molar-refractivity contribution is 0.108. The van der Waals surface area contributed by atoms with Gasteiger partial charge >= 0.3 is 0 Å². The number of aliphatic hydroxyl groups excluding tert-OH is 1. The Morgan fingerprint density at radius 1 is 1.09 bits per heavy atom. The van der Waals surface area contributed by atoms with E-state index in [0.717, 1.165) is 18.8 Å². The van der Waals surface area contributed by atoms with Gasteiger partial charge in [0, 0.05) is 0 Å². The van der Waals surface area contributed by atoms with Crippen LogP contribution in [0.4, 0.5) is 0 Å². The average Bonchev–Trinajstić information content (AvgIpc) is 1.90. The van der Waals surface area contributed by atoms with Gasteiger partial charge in [0.05, 0.1) is 6.10 Å². The number of aliphatic hydroxyl groups is 1. The summed E-state index contributed by atoms with van der Waals surface area (Å²) in [6.07, 6.45) is 5.90. The standard InChI is InChI=1S/C8H16O.2ClH/c1-2-7-3-5-8(9)6-4-7;;/h7-9H,2-6H2,1H3;2*1H. The normalized spacial score (nSPS) is 30.0. The lowest BCUT2D eigenvalue weighted by Crippen LogP contribution is -2.17. The van der Waals surface area contributed by atoms with E-state index in [0.29, 0.717) is 0 Å². The minimum atomic E-state index is 0. The second-order valence-electron chi connectivity index (χ2n) is 3.08.